The largest absolute Gasteiger partial charge is 0.330 e. The number of rotatable bonds is 3. The van der Waals surface area contributed by atoms with E-state index in [2.05, 4.69) is 9.97 Å². The predicted molar refractivity (Wildman–Crippen MR) is 67.4 cm³/mol. The third-order valence-corrected chi connectivity index (χ3v) is 3.79. The van der Waals surface area contributed by atoms with Crippen molar-refractivity contribution in [3.8, 4) is 11.4 Å². The molecule has 0 fully saturated rings. The second-order valence-corrected chi connectivity index (χ2v) is 5.35. The van der Waals surface area contributed by atoms with Gasteiger partial charge < -0.3 is 5.73 Å². The van der Waals surface area contributed by atoms with Crippen molar-refractivity contribution >= 4 is 11.3 Å². The number of aromatic nitrogens is 2. The first-order chi connectivity index (χ1) is 8.03. The fourth-order valence-electron chi connectivity index (χ4n) is 1.32. The highest BCUT2D eigenvalue weighted by Gasteiger charge is 2.22. The quantitative estimate of drug-likeness (QED) is 0.912. The summed E-state index contributed by atoms with van der Waals surface area (Å²) < 4.78 is 12.8. The predicted octanol–water partition coefficient (Wildman–Crippen LogP) is 2.58. The highest BCUT2D eigenvalue weighted by molar-refractivity contribution is 7.10. The van der Waals surface area contributed by atoms with E-state index in [1.54, 1.807) is 17.4 Å². The highest BCUT2D eigenvalue weighted by atomic mass is 32.1. The fourth-order valence-corrected chi connectivity index (χ4v) is 2.27. The number of pyridine rings is 1. The summed E-state index contributed by atoms with van der Waals surface area (Å²) in [5.41, 5.74) is 7.02. The molecule has 17 heavy (non-hydrogen) atoms. The third-order valence-electron chi connectivity index (χ3n) is 2.58. The molecule has 0 unspecified atom stereocenters. The molecule has 0 bridgehead atoms. The normalized spacial score (nSPS) is 11.8. The Kier molecular flexibility index (Phi) is 3.22. The van der Waals surface area contributed by atoms with Crippen LogP contribution in [0.4, 0.5) is 4.39 Å². The maximum Gasteiger partial charge on any atom is 0.141 e. The lowest BCUT2D eigenvalue weighted by Crippen LogP contribution is -2.27. The summed E-state index contributed by atoms with van der Waals surface area (Å²) in [6.45, 7) is 4.64. The van der Waals surface area contributed by atoms with Crippen molar-refractivity contribution in [1.82, 2.24) is 9.97 Å². The van der Waals surface area contributed by atoms with Gasteiger partial charge in [0.2, 0.25) is 0 Å². The molecule has 0 aliphatic rings. The second-order valence-electron chi connectivity index (χ2n) is 4.49. The first-order valence-corrected chi connectivity index (χ1v) is 6.19. The van der Waals surface area contributed by atoms with Gasteiger partial charge in [-0.15, -0.1) is 11.3 Å². The fraction of sp³-hybridized carbons (Fsp3) is 0.333. The lowest BCUT2D eigenvalue weighted by molar-refractivity contribution is 0.536. The van der Waals surface area contributed by atoms with Crippen LogP contribution in [0.3, 0.4) is 0 Å². The number of thiazole rings is 1. The molecule has 2 rings (SSSR count). The van der Waals surface area contributed by atoms with Crippen LogP contribution in [-0.4, -0.2) is 16.5 Å². The Labute approximate surface area is 104 Å². The average Bonchev–Trinajstić information content (AvgIpc) is 2.80. The molecule has 0 saturated carbocycles. The van der Waals surface area contributed by atoms with Gasteiger partial charge in [0.15, 0.2) is 0 Å². The van der Waals surface area contributed by atoms with Gasteiger partial charge in [0.25, 0.3) is 0 Å². The van der Waals surface area contributed by atoms with Gasteiger partial charge in [-0.25, -0.2) is 9.37 Å². The summed E-state index contributed by atoms with van der Waals surface area (Å²) in [6, 6.07) is 3.01. The Bertz CT molecular complexity index is 505. The minimum atomic E-state index is -0.341. The average molecular weight is 251 g/mol. The van der Waals surface area contributed by atoms with Crippen LogP contribution in [0.1, 0.15) is 18.9 Å². The van der Waals surface area contributed by atoms with Crippen molar-refractivity contribution in [2.24, 2.45) is 5.73 Å². The van der Waals surface area contributed by atoms with Crippen LogP contribution in [0, 0.1) is 5.82 Å². The molecule has 5 heteroatoms. The smallest absolute Gasteiger partial charge is 0.141 e. The number of nitrogens with two attached hydrogens (primary N) is 1. The van der Waals surface area contributed by atoms with Crippen molar-refractivity contribution < 1.29 is 4.39 Å². The minimum absolute atomic E-state index is 0.136. The molecular formula is C12H14FN3S. The van der Waals surface area contributed by atoms with Crippen LogP contribution < -0.4 is 5.73 Å². The lowest BCUT2D eigenvalue weighted by Gasteiger charge is -2.18. The van der Waals surface area contributed by atoms with E-state index in [9.17, 15) is 4.39 Å². The maximum atomic E-state index is 12.8. The second kappa shape index (κ2) is 4.50. The van der Waals surface area contributed by atoms with Crippen LogP contribution >= 0.6 is 11.3 Å². The van der Waals surface area contributed by atoms with E-state index < -0.39 is 0 Å². The van der Waals surface area contributed by atoms with Crippen molar-refractivity contribution in [2.75, 3.05) is 6.54 Å². The molecule has 0 aliphatic heterocycles. The monoisotopic (exact) mass is 251 g/mol. The van der Waals surface area contributed by atoms with E-state index in [-0.39, 0.29) is 11.2 Å². The summed E-state index contributed by atoms with van der Waals surface area (Å²) in [4.78, 5) is 8.51. The van der Waals surface area contributed by atoms with E-state index in [0.29, 0.717) is 12.2 Å². The Hall–Kier alpha value is -1.33. The molecule has 0 atom stereocenters. The van der Waals surface area contributed by atoms with Gasteiger partial charge in [0.05, 0.1) is 17.6 Å². The zero-order valence-corrected chi connectivity index (χ0v) is 10.6. The molecule has 90 valence electrons. The molecule has 0 saturated heterocycles. The summed E-state index contributed by atoms with van der Waals surface area (Å²) >= 11 is 1.56. The van der Waals surface area contributed by atoms with Gasteiger partial charge in [-0.2, -0.15) is 0 Å². The van der Waals surface area contributed by atoms with Crippen LogP contribution in [0.25, 0.3) is 11.4 Å². The van der Waals surface area contributed by atoms with Crippen LogP contribution in [0.15, 0.2) is 23.7 Å². The van der Waals surface area contributed by atoms with E-state index >= 15 is 0 Å². The minimum Gasteiger partial charge on any atom is -0.330 e. The van der Waals surface area contributed by atoms with Crippen LogP contribution in [0.2, 0.25) is 0 Å². The van der Waals surface area contributed by atoms with Crippen LogP contribution in [-0.2, 0) is 5.41 Å². The van der Waals surface area contributed by atoms with E-state index in [0.717, 1.165) is 10.7 Å². The van der Waals surface area contributed by atoms with E-state index in [4.69, 9.17) is 5.73 Å². The van der Waals surface area contributed by atoms with Gasteiger partial charge in [-0.05, 0) is 12.1 Å². The molecule has 3 nitrogen and oxygen atoms in total. The number of hydrogen-bond acceptors (Lipinski definition) is 4. The zero-order chi connectivity index (χ0) is 12.5. The summed E-state index contributed by atoms with van der Waals surface area (Å²) in [5.74, 6) is -0.341. The van der Waals surface area contributed by atoms with Gasteiger partial charge in [0, 0.05) is 17.3 Å². The number of hydrogen-bond donors (Lipinski definition) is 1. The topological polar surface area (TPSA) is 51.8 Å². The van der Waals surface area contributed by atoms with Crippen molar-refractivity contribution in [1.29, 1.82) is 0 Å². The Morgan fingerprint density at radius 1 is 1.35 bits per heavy atom. The number of halogens is 1. The molecule has 2 aromatic rings. The molecule has 2 aromatic heterocycles. The van der Waals surface area contributed by atoms with Gasteiger partial charge in [0.1, 0.15) is 10.8 Å². The summed E-state index contributed by atoms with van der Waals surface area (Å²) in [7, 11) is 0. The SMILES string of the molecule is CC(C)(CN)c1nc(-c2ccc(F)cn2)cs1. The molecule has 0 aliphatic carbocycles. The zero-order valence-electron chi connectivity index (χ0n) is 9.77. The summed E-state index contributed by atoms with van der Waals surface area (Å²) in [6.07, 6.45) is 1.20. The highest BCUT2D eigenvalue weighted by Crippen LogP contribution is 2.28. The molecule has 0 aromatic carbocycles. The van der Waals surface area contributed by atoms with Crippen molar-refractivity contribution in [3.05, 3.63) is 34.5 Å². The van der Waals surface area contributed by atoms with Crippen molar-refractivity contribution in [3.63, 3.8) is 0 Å². The van der Waals surface area contributed by atoms with Crippen LogP contribution in [0.5, 0.6) is 0 Å². The van der Waals surface area contributed by atoms with E-state index in [1.807, 2.05) is 19.2 Å². The van der Waals surface area contributed by atoms with Gasteiger partial charge in [-0.3, -0.25) is 4.98 Å². The first kappa shape index (κ1) is 12.1. The Balaban J connectivity index is 2.33. The Morgan fingerprint density at radius 2 is 2.12 bits per heavy atom. The molecular weight excluding hydrogens is 237 g/mol. The number of nitrogens with zero attached hydrogens (tertiary/aromatic N) is 2. The molecule has 2 heterocycles. The lowest BCUT2D eigenvalue weighted by atomic mass is 9.95. The first-order valence-electron chi connectivity index (χ1n) is 5.31. The molecule has 0 amide bonds. The molecule has 0 spiro atoms. The standard InChI is InChI=1S/C12H14FN3S/c1-12(2,7-14)11-16-10(6-17-11)9-4-3-8(13)5-15-9/h3-6H,7,14H2,1-2H3. The van der Waals surface area contributed by atoms with Gasteiger partial charge in [-0.1, -0.05) is 13.8 Å². The summed E-state index contributed by atoms with van der Waals surface area (Å²) in [5, 5.41) is 2.90. The maximum absolute atomic E-state index is 12.8. The van der Waals surface area contributed by atoms with E-state index in [1.165, 1.54) is 12.3 Å². The molecule has 2 N–H and O–H groups in total. The van der Waals surface area contributed by atoms with Gasteiger partial charge >= 0.3 is 0 Å². The third kappa shape index (κ3) is 2.50. The van der Waals surface area contributed by atoms with Crippen molar-refractivity contribution in [2.45, 2.75) is 19.3 Å². The molecule has 0 radical (unpaired) electrons. The Morgan fingerprint density at radius 3 is 2.71 bits per heavy atom.